The van der Waals surface area contributed by atoms with Crippen molar-refractivity contribution in [3.8, 4) is 0 Å². The van der Waals surface area contributed by atoms with Crippen LogP contribution in [0.1, 0.15) is 33.6 Å². The van der Waals surface area contributed by atoms with Crippen LogP contribution in [0.4, 0.5) is 5.82 Å². The number of fused-ring (bicyclic) bond motifs is 1. The fourth-order valence-corrected chi connectivity index (χ4v) is 3.61. The largest absolute Gasteiger partial charge is 0.369 e. The maximum absolute atomic E-state index is 12.5. The molecule has 1 aromatic carbocycles. The third kappa shape index (κ3) is 5.35. The van der Waals surface area contributed by atoms with Gasteiger partial charge in [-0.3, -0.25) is 9.59 Å². The van der Waals surface area contributed by atoms with E-state index in [-0.39, 0.29) is 29.8 Å². The van der Waals surface area contributed by atoms with Gasteiger partial charge in [0, 0.05) is 41.7 Å². The van der Waals surface area contributed by atoms with Crippen molar-refractivity contribution in [2.75, 3.05) is 25.0 Å². The van der Waals surface area contributed by atoms with E-state index in [1.807, 2.05) is 45.0 Å². The summed E-state index contributed by atoms with van der Waals surface area (Å²) in [6, 6.07) is 7.67. The minimum Gasteiger partial charge on any atom is -0.369 e. The average Bonchev–Trinajstić information content (AvgIpc) is 2.60. The van der Waals surface area contributed by atoms with E-state index in [4.69, 9.17) is 11.6 Å². The van der Waals surface area contributed by atoms with Gasteiger partial charge < -0.3 is 15.5 Å². The maximum atomic E-state index is 12.5. The number of carbonyl (C=O) groups excluding carboxylic acids is 2. The van der Waals surface area contributed by atoms with Gasteiger partial charge >= 0.3 is 0 Å². The SMILES string of the molecule is CC(C)(C)NC(=O)CN1CC[C@H](CNc2nccc3ccc(Cl)cc23)CC1=O. The standard InChI is InChI=1S/C21H27ClN4O2/c1-21(2,3)25-18(27)13-26-9-7-14(10-19(26)28)12-24-20-17-11-16(22)5-4-15(17)6-8-23-20/h4-6,8,11,14H,7,9-10,12-13H2,1-3H3,(H,23,24)(H,25,27)/t14-/m0/s1. The van der Waals surface area contributed by atoms with Gasteiger partial charge in [0.05, 0.1) is 6.54 Å². The van der Waals surface area contributed by atoms with E-state index in [1.165, 1.54) is 0 Å². The number of nitrogens with one attached hydrogen (secondary N) is 2. The van der Waals surface area contributed by atoms with E-state index >= 15 is 0 Å². The van der Waals surface area contributed by atoms with Crippen molar-refractivity contribution in [3.63, 3.8) is 0 Å². The fourth-order valence-electron chi connectivity index (χ4n) is 3.44. The van der Waals surface area contributed by atoms with Crippen LogP contribution in [0.2, 0.25) is 5.02 Å². The lowest BCUT2D eigenvalue weighted by atomic mass is 9.96. The van der Waals surface area contributed by atoms with Crippen LogP contribution in [0.3, 0.4) is 0 Å². The molecule has 1 aliphatic heterocycles. The molecule has 1 aliphatic rings. The summed E-state index contributed by atoms with van der Waals surface area (Å²) in [5.74, 6) is 0.899. The summed E-state index contributed by atoms with van der Waals surface area (Å²) in [7, 11) is 0. The second kappa shape index (κ2) is 8.35. The van der Waals surface area contributed by atoms with E-state index in [2.05, 4.69) is 15.6 Å². The molecule has 1 aromatic heterocycles. The minimum atomic E-state index is -0.295. The third-order valence-electron chi connectivity index (χ3n) is 4.76. The first-order chi connectivity index (χ1) is 13.2. The zero-order chi connectivity index (χ0) is 20.3. The minimum absolute atomic E-state index is 0.0241. The molecule has 28 heavy (non-hydrogen) atoms. The van der Waals surface area contributed by atoms with Crippen molar-refractivity contribution in [2.45, 2.75) is 39.2 Å². The molecule has 150 valence electrons. The molecular formula is C21H27ClN4O2. The highest BCUT2D eigenvalue weighted by Crippen LogP contribution is 2.26. The number of carbonyl (C=O) groups is 2. The summed E-state index contributed by atoms with van der Waals surface area (Å²) in [5.41, 5.74) is -0.295. The first-order valence-corrected chi connectivity index (χ1v) is 9.96. The number of anilines is 1. The van der Waals surface area contributed by atoms with Crippen LogP contribution in [0.15, 0.2) is 30.5 Å². The molecule has 1 atom stereocenters. The lowest BCUT2D eigenvalue weighted by Gasteiger charge is -2.32. The van der Waals surface area contributed by atoms with E-state index in [0.717, 1.165) is 23.0 Å². The van der Waals surface area contributed by atoms with Crippen molar-refractivity contribution in [1.29, 1.82) is 0 Å². The van der Waals surface area contributed by atoms with Gasteiger partial charge in [-0.25, -0.2) is 4.98 Å². The zero-order valence-corrected chi connectivity index (χ0v) is 17.3. The number of nitrogens with zero attached hydrogens (tertiary/aromatic N) is 2. The van der Waals surface area contributed by atoms with Crippen LogP contribution in [-0.4, -0.2) is 46.9 Å². The smallest absolute Gasteiger partial charge is 0.240 e. The molecule has 0 aliphatic carbocycles. The van der Waals surface area contributed by atoms with Crippen LogP contribution in [0.25, 0.3) is 10.8 Å². The Hall–Kier alpha value is -2.34. The van der Waals surface area contributed by atoms with Crippen molar-refractivity contribution >= 4 is 40.0 Å². The van der Waals surface area contributed by atoms with Crippen LogP contribution >= 0.6 is 11.6 Å². The number of likely N-dealkylation sites (tertiary alicyclic amines) is 1. The topological polar surface area (TPSA) is 74.3 Å². The molecule has 3 rings (SSSR count). The molecule has 0 unspecified atom stereocenters. The number of halogens is 1. The Balaban J connectivity index is 1.55. The second-order valence-electron chi connectivity index (χ2n) is 8.38. The molecule has 2 amide bonds. The fraction of sp³-hybridized carbons (Fsp3) is 0.476. The summed E-state index contributed by atoms with van der Waals surface area (Å²) in [4.78, 5) is 30.6. The molecular weight excluding hydrogens is 376 g/mol. The predicted octanol–water partition coefficient (Wildman–Crippen LogP) is 3.45. The Morgan fingerprint density at radius 3 is 2.82 bits per heavy atom. The van der Waals surface area contributed by atoms with E-state index < -0.39 is 0 Å². The van der Waals surface area contributed by atoms with Gasteiger partial charge in [0.25, 0.3) is 0 Å². The van der Waals surface area contributed by atoms with Crippen LogP contribution < -0.4 is 10.6 Å². The van der Waals surface area contributed by atoms with Crippen molar-refractivity contribution in [2.24, 2.45) is 5.92 Å². The first kappa shape index (κ1) is 20.4. The summed E-state index contributed by atoms with van der Waals surface area (Å²) in [6.45, 7) is 7.17. The van der Waals surface area contributed by atoms with E-state index in [1.54, 1.807) is 11.1 Å². The number of benzene rings is 1. The zero-order valence-electron chi connectivity index (χ0n) is 16.6. The van der Waals surface area contributed by atoms with Crippen LogP contribution in [0, 0.1) is 5.92 Å². The third-order valence-corrected chi connectivity index (χ3v) is 4.99. The van der Waals surface area contributed by atoms with Crippen LogP contribution in [0.5, 0.6) is 0 Å². The molecule has 6 nitrogen and oxygen atoms in total. The summed E-state index contributed by atoms with van der Waals surface area (Å²) in [6.07, 6.45) is 3.05. The van der Waals surface area contributed by atoms with E-state index in [0.29, 0.717) is 24.5 Å². The number of rotatable bonds is 5. The average molecular weight is 403 g/mol. The molecule has 0 bridgehead atoms. The molecule has 2 N–H and O–H groups in total. The summed E-state index contributed by atoms with van der Waals surface area (Å²) >= 11 is 6.12. The van der Waals surface area contributed by atoms with Gasteiger partial charge in [0.15, 0.2) is 0 Å². The van der Waals surface area contributed by atoms with Gasteiger partial charge in [0.2, 0.25) is 11.8 Å². The molecule has 0 radical (unpaired) electrons. The molecule has 7 heteroatoms. The predicted molar refractivity (Wildman–Crippen MR) is 112 cm³/mol. The summed E-state index contributed by atoms with van der Waals surface area (Å²) in [5, 5.41) is 8.98. The van der Waals surface area contributed by atoms with Gasteiger partial charge in [0.1, 0.15) is 5.82 Å². The maximum Gasteiger partial charge on any atom is 0.240 e. The monoisotopic (exact) mass is 402 g/mol. The molecule has 2 heterocycles. The highest BCUT2D eigenvalue weighted by molar-refractivity contribution is 6.31. The molecule has 1 saturated heterocycles. The number of piperidine rings is 1. The Morgan fingerprint density at radius 2 is 2.11 bits per heavy atom. The molecule has 0 saturated carbocycles. The quantitative estimate of drug-likeness (QED) is 0.803. The van der Waals surface area contributed by atoms with Crippen molar-refractivity contribution < 1.29 is 9.59 Å². The van der Waals surface area contributed by atoms with Gasteiger partial charge in [-0.1, -0.05) is 17.7 Å². The highest BCUT2D eigenvalue weighted by Gasteiger charge is 2.28. The second-order valence-corrected chi connectivity index (χ2v) is 8.81. The Kier molecular flexibility index (Phi) is 6.08. The van der Waals surface area contributed by atoms with E-state index in [9.17, 15) is 9.59 Å². The summed E-state index contributed by atoms with van der Waals surface area (Å²) < 4.78 is 0. The molecule has 2 aromatic rings. The molecule has 1 fully saturated rings. The van der Waals surface area contributed by atoms with Gasteiger partial charge in [-0.05, 0) is 56.7 Å². The lowest BCUT2D eigenvalue weighted by molar-refractivity contribution is -0.139. The Bertz CT molecular complexity index is 878. The first-order valence-electron chi connectivity index (χ1n) is 9.58. The number of aromatic nitrogens is 1. The van der Waals surface area contributed by atoms with Gasteiger partial charge in [-0.2, -0.15) is 0 Å². The van der Waals surface area contributed by atoms with Crippen molar-refractivity contribution in [1.82, 2.24) is 15.2 Å². The number of pyridine rings is 1. The van der Waals surface area contributed by atoms with Gasteiger partial charge in [-0.15, -0.1) is 0 Å². The number of amides is 2. The number of hydrogen-bond donors (Lipinski definition) is 2. The highest BCUT2D eigenvalue weighted by atomic mass is 35.5. The normalized spacial score (nSPS) is 17.6. The van der Waals surface area contributed by atoms with Crippen LogP contribution in [-0.2, 0) is 9.59 Å². The Labute approximate surface area is 170 Å². The van der Waals surface area contributed by atoms with Crippen molar-refractivity contribution in [3.05, 3.63) is 35.5 Å². The lowest BCUT2D eigenvalue weighted by Crippen LogP contribution is -2.49. The number of hydrogen-bond acceptors (Lipinski definition) is 4. The Morgan fingerprint density at radius 1 is 1.32 bits per heavy atom. The molecule has 0 spiro atoms.